The number of piperazine rings is 1. The van der Waals surface area contributed by atoms with Crippen molar-refractivity contribution in [3.63, 3.8) is 0 Å². The molecule has 1 aliphatic heterocycles. The van der Waals surface area contributed by atoms with Gasteiger partial charge in [-0.25, -0.2) is 9.59 Å². The maximum Gasteiger partial charge on any atom is 0.326 e. The van der Waals surface area contributed by atoms with Gasteiger partial charge < -0.3 is 20.2 Å². The molecule has 0 aromatic heterocycles. The van der Waals surface area contributed by atoms with Crippen molar-refractivity contribution in [2.45, 2.75) is 19.4 Å². The third-order valence-electron chi connectivity index (χ3n) is 3.01. The summed E-state index contributed by atoms with van der Waals surface area (Å²) < 4.78 is 0. The predicted octanol–water partition coefficient (Wildman–Crippen LogP) is -0.111. The summed E-state index contributed by atoms with van der Waals surface area (Å²) >= 11 is 0. The van der Waals surface area contributed by atoms with Gasteiger partial charge in [-0.1, -0.05) is 6.08 Å². The Balaban J connectivity index is 2.48. The first kappa shape index (κ1) is 15.0. The van der Waals surface area contributed by atoms with Crippen LogP contribution in [0.4, 0.5) is 4.79 Å². The van der Waals surface area contributed by atoms with Crippen LogP contribution in [0.2, 0.25) is 0 Å². The Morgan fingerprint density at radius 1 is 1.26 bits per heavy atom. The zero-order valence-electron chi connectivity index (χ0n) is 11.0. The number of hydrogen-bond acceptors (Lipinski definition) is 3. The number of hydrogen-bond donors (Lipinski definition) is 2. The molecular formula is C12H19N3O4. The molecule has 1 saturated heterocycles. The molecule has 1 unspecified atom stereocenters. The summed E-state index contributed by atoms with van der Waals surface area (Å²) in [6.07, 6.45) is 1.63. The van der Waals surface area contributed by atoms with E-state index < -0.39 is 18.0 Å². The number of carboxylic acids is 1. The van der Waals surface area contributed by atoms with Crippen LogP contribution in [0.3, 0.4) is 0 Å². The van der Waals surface area contributed by atoms with Gasteiger partial charge >= 0.3 is 12.0 Å². The first-order chi connectivity index (χ1) is 8.95. The molecule has 0 spiro atoms. The van der Waals surface area contributed by atoms with Crippen LogP contribution in [0.25, 0.3) is 0 Å². The lowest BCUT2D eigenvalue weighted by Gasteiger charge is -2.34. The lowest BCUT2D eigenvalue weighted by molar-refractivity contribution is -0.139. The van der Waals surface area contributed by atoms with Crippen molar-refractivity contribution in [3.8, 4) is 0 Å². The zero-order chi connectivity index (χ0) is 14.4. The molecule has 1 aliphatic rings. The van der Waals surface area contributed by atoms with Crippen LogP contribution in [-0.4, -0.2) is 65.0 Å². The van der Waals surface area contributed by atoms with Crippen molar-refractivity contribution in [3.05, 3.63) is 12.7 Å². The highest BCUT2D eigenvalue weighted by molar-refractivity contribution is 5.83. The third kappa shape index (κ3) is 4.27. The van der Waals surface area contributed by atoms with Crippen molar-refractivity contribution in [1.29, 1.82) is 0 Å². The molecule has 2 N–H and O–H groups in total. The second-order valence-electron chi connectivity index (χ2n) is 4.36. The Hall–Kier alpha value is -2.05. The van der Waals surface area contributed by atoms with Gasteiger partial charge in [0.05, 0.1) is 0 Å². The van der Waals surface area contributed by atoms with Gasteiger partial charge in [0.15, 0.2) is 0 Å². The van der Waals surface area contributed by atoms with Crippen molar-refractivity contribution in [2.75, 3.05) is 26.2 Å². The Kier molecular flexibility index (Phi) is 5.35. The average molecular weight is 269 g/mol. The molecule has 1 rings (SSSR count). The van der Waals surface area contributed by atoms with Crippen molar-refractivity contribution in [1.82, 2.24) is 15.1 Å². The second-order valence-corrected chi connectivity index (χ2v) is 4.36. The minimum absolute atomic E-state index is 0.0184. The minimum atomic E-state index is -1.09. The second kappa shape index (κ2) is 6.77. The Labute approximate surface area is 111 Å². The van der Waals surface area contributed by atoms with E-state index in [1.54, 1.807) is 4.90 Å². The molecule has 0 bridgehead atoms. The smallest absolute Gasteiger partial charge is 0.326 e. The molecule has 19 heavy (non-hydrogen) atoms. The molecule has 0 aromatic carbocycles. The topological polar surface area (TPSA) is 90.0 Å². The Morgan fingerprint density at radius 3 is 2.21 bits per heavy atom. The summed E-state index contributed by atoms with van der Waals surface area (Å²) in [5, 5.41) is 11.4. The number of carboxylic acid groups (broad SMARTS) is 1. The van der Waals surface area contributed by atoms with E-state index in [-0.39, 0.29) is 12.3 Å². The molecule has 0 saturated carbocycles. The summed E-state index contributed by atoms with van der Waals surface area (Å²) in [5.41, 5.74) is 0. The van der Waals surface area contributed by atoms with Crippen LogP contribution in [0, 0.1) is 0 Å². The third-order valence-corrected chi connectivity index (χ3v) is 3.01. The minimum Gasteiger partial charge on any atom is -0.480 e. The van der Waals surface area contributed by atoms with Gasteiger partial charge in [0.2, 0.25) is 5.91 Å². The van der Waals surface area contributed by atoms with E-state index >= 15 is 0 Å². The number of urea groups is 1. The van der Waals surface area contributed by atoms with E-state index in [1.165, 1.54) is 17.9 Å². The number of amides is 3. The summed E-state index contributed by atoms with van der Waals surface area (Å²) in [6.45, 7) is 6.71. The molecular weight excluding hydrogens is 250 g/mol. The molecule has 106 valence electrons. The number of carbonyl (C=O) groups excluding carboxylic acids is 2. The fraction of sp³-hybridized carbons (Fsp3) is 0.583. The largest absolute Gasteiger partial charge is 0.480 e. The SMILES string of the molecule is C=CCC(NC(=O)N1CCN(C(C)=O)CC1)C(=O)O. The fourth-order valence-corrected chi connectivity index (χ4v) is 1.85. The highest BCUT2D eigenvalue weighted by Gasteiger charge is 2.25. The van der Waals surface area contributed by atoms with E-state index in [1.807, 2.05) is 0 Å². The molecule has 3 amide bonds. The summed E-state index contributed by atoms with van der Waals surface area (Å²) in [7, 11) is 0. The van der Waals surface area contributed by atoms with Gasteiger partial charge in [0, 0.05) is 33.1 Å². The van der Waals surface area contributed by atoms with E-state index in [0.717, 1.165) is 0 Å². The van der Waals surface area contributed by atoms with Crippen LogP contribution in [0.1, 0.15) is 13.3 Å². The molecule has 7 heteroatoms. The average Bonchev–Trinajstić information content (AvgIpc) is 2.38. The first-order valence-corrected chi connectivity index (χ1v) is 6.10. The quantitative estimate of drug-likeness (QED) is 0.697. The highest BCUT2D eigenvalue weighted by Crippen LogP contribution is 2.03. The van der Waals surface area contributed by atoms with E-state index in [4.69, 9.17) is 5.11 Å². The van der Waals surface area contributed by atoms with Gasteiger partial charge in [-0.2, -0.15) is 0 Å². The number of carbonyl (C=O) groups is 3. The number of nitrogens with zero attached hydrogens (tertiary/aromatic N) is 2. The van der Waals surface area contributed by atoms with Crippen molar-refractivity contribution >= 4 is 17.9 Å². The van der Waals surface area contributed by atoms with E-state index in [0.29, 0.717) is 26.2 Å². The fourth-order valence-electron chi connectivity index (χ4n) is 1.85. The standard InChI is InChI=1S/C12H19N3O4/c1-3-4-10(11(17)18)13-12(19)15-7-5-14(6-8-15)9(2)16/h3,10H,1,4-8H2,2H3,(H,13,19)(H,17,18). The van der Waals surface area contributed by atoms with E-state index in [2.05, 4.69) is 11.9 Å². The van der Waals surface area contributed by atoms with Crippen LogP contribution in [0.5, 0.6) is 0 Å². The molecule has 0 aromatic rings. The molecule has 7 nitrogen and oxygen atoms in total. The maximum absolute atomic E-state index is 11.9. The monoisotopic (exact) mass is 269 g/mol. The molecule has 1 fully saturated rings. The normalized spacial score (nSPS) is 16.7. The predicted molar refractivity (Wildman–Crippen MR) is 68.6 cm³/mol. The zero-order valence-corrected chi connectivity index (χ0v) is 11.0. The van der Waals surface area contributed by atoms with Crippen LogP contribution in [-0.2, 0) is 9.59 Å². The molecule has 0 aliphatic carbocycles. The lowest BCUT2D eigenvalue weighted by atomic mass is 10.2. The molecule has 1 heterocycles. The van der Waals surface area contributed by atoms with Gasteiger partial charge in [0.25, 0.3) is 0 Å². The van der Waals surface area contributed by atoms with Crippen LogP contribution in [0.15, 0.2) is 12.7 Å². The summed E-state index contributed by atoms with van der Waals surface area (Å²) in [4.78, 5) is 37.1. The van der Waals surface area contributed by atoms with Crippen molar-refractivity contribution in [2.24, 2.45) is 0 Å². The van der Waals surface area contributed by atoms with Gasteiger partial charge in [0.1, 0.15) is 6.04 Å². The number of nitrogens with one attached hydrogen (secondary N) is 1. The lowest BCUT2D eigenvalue weighted by Crippen LogP contribution is -2.55. The molecule has 0 radical (unpaired) electrons. The Morgan fingerprint density at radius 2 is 1.79 bits per heavy atom. The Bertz CT molecular complexity index is 375. The van der Waals surface area contributed by atoms with Gasteiger partial charge in [-0.05, 0) is 6.42 Å². The molecule has 1 atom stereocenters. The van der Waals surface area contributed by atoms with Crippen LogP contribution < -0.4 is 5.32 Å². The van der Waals surface area contributed by atoms with Crippen molar-refractivity contribution < 1.29 is 19.5 Å². The highest BCUT2D eigenvalue weighted by atomic mass is 16.4. The first-order valence-electron chi connectivity index (χ1n) is 6.10. The van der Waals surface area contributed by atoms with Gasteiger partial charge in [-0.3, -0.25) is 4.79 Å². The van der Waals surface area contributed by atoms with Crippen LogP contribution >= 0.6 is 0 Å². The maximum atomic E-state index is 11.9. The number of aliphatic carboxylic acids is 1. The van der Waals surface area contributed by atoms with E-state index in [9.17, 15) is 14.4 Å². The number of rotatable bonds is 4. The van der Waals surface area contributed by atoms with Gasteiger partial charge in [-0.15, -0.1) is 6.58 Å². The summed E-state index contributed by atoms with van der Waals surface area (Å²) in [5.74, 6) is -1.11. The summed E-state index contributed by atoms with van der Waals surface area (Å²) in [6, 6.07) is -1.38.